The van der Waals surface area contributed by atoms with Gasteiger partial charge >= 0.3 is 0 Å². The molecule has 0 fully saturated rings. The van der Waals surface area contributed by atoms with E-state index < -0.39 is 0 Å². The van der Waals surface area contributed by atoms with Crippen molar-refractivity contribution in [2.75, 3.05) is 26.2 Å². The van der Waals surface area contributed by atoms with Crippen molar-refractivity contribution in [3.63, 3.8) is 0 Å². The van der Waals surface area contributed by atoms with E-state index in [0.29, 0.717) is 0 Å². The second-order valence-electron chi connectivity index (χ2n) is 5.55. The lowest BCUT2D eigenvalue weighted by Gasteiger charge is -2.38. The fraction of sp³-hybridized carbons (Fsp3) is 0.667. The Morgan fingerprint density at radius 2 is 1.05 bits per heavy atom. The molecule has 0 bridgehead atoms. The second kappa shape index (κ2) is 12.2. The molecule has 0 spiro atoms. The van der Waals surface area contributed by atoms with Crippen LogP contribution in [0.15, 0.2) is 35.2 Å². The zero-order chi connectivity index (χ0) is 15.3. The fourth-order valence-corrected chi connectivity index (χ4v) is 3.15. The Bertz CT molecular complexity index is 281. The summed E-state index contributed by atoms with van der Waals surface area (Å²) in [5, 5.41) is 0. The van der Waals surface area contributed by atoms with E-state index in [1.165, 1.54) is 56.3 Å². The highest BCUT2D eigenvalue weighted by atomic mass is 32.1. The molecule has 0 unspecified atom stereocenters. The van der Waals surface area contributed by atoms with Gasteiger partial charge in [0.05, 0.1) is 26.2 Å². The van der Waals surface area contributed by atoms with E-state index in [-0.39, 0.29) is 0 Å². The SMILES string of the molecule is CCC[N+](CCC)(CCC)CCC.[S-]c1ccccc1. The third kappa shape index (κ3) is 8.55. The second-order valence-corrected chi connectivity index (χ2v) is 6.02. The summed E-state index contributed by atoms with van der Waals surface area (Å²) in [6, 6.07) is 9.62. The van der Waals surface area contributed by atoms with Crippen LogP contribution >= 0.6 is 0 Å². The van der Waals surface area contributed by atoms with Gasteiger partial charge in [0.15, 0.2) is 0 Å². The Hall–Kier alpha value is -0.600. The molecular formula is C18H33NS. The lowest BCUT2D eigenvalue weighted by Crippen LogP contribution is -2.50. The fourth-order valence-electron chi connectivity index (χ4n) is 2.99. The van der Waals surface area contributed by atoms with Crippen LogP contribution in [0.4, 0.5) is 0 Å². The van der Waals surface area contributed by atoms with E-state index in [4.69, 9.17) is 12.6 Å². The molecule has 0 N–H and O–H groups in total. The molecule has 0 saturated heterocycles. The third-order valence-corrected chi connectivity index (χ3v) is 3.81. The van der Waals surface area contributed by atoms with Crippen molar-refractivity contribution < 1.29 is 4.48 Å². The van der Waals surface area contributed by atoms with Crippen LogP contribution < -0.4 is 0 Å². The van der Waals surface area contributed by atoms with Crippen LogP contribution in [-0.4, -0.2) is 30.7 Å². The standard InChI is InChI=1S/C12H28N.C6H6S/c1-5-9-13(10-6-2,11-7-3)12-8-4;7-6-4-2-1-3-5-6/h5-12H2,1-4H3;1-5,7H/q+1;/p-1. The number of quaternary nitrogens is 1. The summed E-state index contributed by atoms with van der Waals surface area (Å²) in [5.74, 6) is 0. The highest BCUT2D eigenvalue weighted by Crippen LogP contribution is 2.12. The maximum Gasteiger partial charge on any atom is 0.0783 e. The molecule has 0 radical (unpaired) electrons. The predicted octanol–water partition coefficient (Wildman–Crippen LogP) is 5.04. The van der Waals surface area contributed by atoms with Gasteiger partial charge in [-0.15, -0.1) is 0 Å². The lowest BCUT2D eigenvalue weighted by molar-refractivity contribution is -0.928. The minimum Gasteiger partial charge on any atom is -0.780 e. The van der Waals surface area contributed by atoms with Crippen molar-refractivity contribution in [2.24, 2.45) is 0 Å². The van der Waals surface area contributed by atoms with E-state index >= 15 is 0 Å². The number of benzene rings is 1. The van der Waals surface area contributed by atoms with Gasteiger partial charge in [-0.05, 0) is 25.7 Å². The van der Waals surface area contributed by atoms with E-state index in [1.807, 2.05) is 30.3 Å². The molecule has 2 heteroatoms. The summed E-state index contributed by atoms with van der Waals surface area (Å²) in [7, 11) is 0. The quantitative estimate of drug-likeness (QED) is 0.478. The maximum atomic E-state index is 4.81. The van der Waals surface area contributed by atoms with Gasteiger partial charge in [-0.3, -0.25) is 0 Å². The summed E-state index contributed by atoms with van der Waals surface area (Å²) < 4.78 is 1.38. The highest BCUT2D eigenvalue weighted by molar-refractivity contribution is 7.58. The Balaban J connectivity index is 0.000000428. The van der Waals surface area contributed by atoms with Crippen molar-refractivity contribution in [3.05, 3.63) is 30.3 Å². The molecule has 0 aliphatic carbocycles. The van der Waals surface area contributed by atoms with Crippen molar-refractivity contribution in [1.82, 2.24) is 0 Å². The van der Waals surface area contributed by atoms with Gasteiger partial charge in [0.2, 0.25) is 0 Å². The normalized spacial score (nSPS) is 10.8. The molecular weight excluding hydrogens is 262 g/mol. The van der Waals surface area contributed by atoms with Crippen LogP contribution in [0.2, 0.25) is 0 Å². The lowest BCUT2D eigenvalue weighted by atomic mass is 10.2. The number of hydrogen-bond donors (Lipinski definition) is 0. The van der Waals surface area contributed by atoms with Crippen LogP contribution in [0.1, 0.15) is 53.4 Å². The van der Waals surface area contributed by atoms with E-state index in [1.54, 1.807) is 0 Å². The van der Waals surface area contributed by atoms with E-state index in [0.717, 1.165) is 4.90 Å². The van der Waals surface area contributed by atoms with Gasteiger partial charge in [0.25, 0.3) is 0 Å². The third-order valence-electron chi connectivity index (χ3n) is 3.53. The van der Waals surface area contributed by atoms with Gasteiger partial charge in [0, 0.05) is 0 Å². The molecule has 0 aliphatic rings. The van der Waals surface area contributed by atoms with Crippen LogP contribution in [0.3, 0.4) is 0 Å². The molecule has 1 aromatic carbocycles. The van der Waals surface area contributed by atoms with Gasteiger partial charge in [-0.25, -0.2) is 0 Å². The van der Waals surface area contributed by atoms with Crippen molar-refractivity contribution in [2.45, 2.75) is 58.3 Å². The van der Waals surface area contributed by atoms with Crippen LogP contribution in [0.25, 0.3) is 0 Å². The Morgan fingerprint density at radius 1 is 0.700 bits per heavy atom. The summed E-state index contributed by atoms with van der Waals surface area (Å²) in [6.07, 6.45) is 5.33. The van der Waals surface area contributed by atoms with Gasteiger partial charge in [-0.1, -0.05) is 58.0 Å². The predicted molar refractivity (Wildman–Crippen MR) is 93.0 cm³/mol. The first kappa shape index (κ1) is 19.4. The molecule has 116 valence electrons. The molecule has 0 aliphatic heterocycles. The largest absolute Gasteiger partial charge is 0.780 e. The minimum atomic E-state index is 0.905. The van der Waals surface area contributed by atoms with Crippen molar-refractivity contribution in [3.8, 4) is 0 Å². The minimum absolute atomic E-state index is 0.905. The molecule has 1 aromatic rings. The van der Waals surface area contributed by atoms with Crippen LogP contribution in [0, 0.1) is 0 Å². The monoisotopic (exact) mass is 295 g/mol. The average Bonchev–Trinajstić information content (AvgIpc) is 2.41. The van der Waals surface area contributed by atoms with Gasteiger partial charge in [-0.2, -0.15) is 4.90 Å². The summed E-state index contributed by atoms with van der Waals surface area (Å²) in [5.41, 5.74) is 0. The van der Waals surface area contributed by atoms with Crippen LogP contribution in [-0.2, 0) is 12.6 Å². The number of rotatable bonds is 8. The first-order valence-corrected chi connectivity index (χ1v) is 8.62. The van der Waals surface area contributed by atoms with Gasteiger partial charge in [0.1, 0.15) is 0 Å². The van der Waals surface area contributed by atoms with E-state index in [2.05, 4.69) is 27.7 Å². The molecule has 0 heterocycles. The Labute approximate surface area is 132 Å². The molecule has 1 nitrogen and oxygen atoms in total. The van der Waals surface area contributed by atoms with Crippen molar-refractivity contribution >= 4 is 12.6 Å². The number of hydrogen-bond acceptors (Lipinski definition) is 1. The molecule has 0 amide bonds. The first-order chi connectivity index (χ1) is 9.64. The average molecular weight is 296 g/mol. The molecule has 1 rings (SSSR count). The maximum absolute atomic E-state index is 4.81. The Kier molecular flexibility index (Phi) is 11.8. The molecule has 0 saturated carbocycles. The van der Waals surface area contributed by atoms with Crippen LogP contribution in [0.5, 0.6) is 0 Å². The molecule has 0 atom stereocenters. The zero-order valence-corrected chi connectivity index (χ0v) is 14.7. The first-order valence-electron chi connectivity index (χ1n) is 8.21. The Morgan fingerprint density at radius 3 is 1.25 bits per heavy atom. The zero-order valence-electron chi connectivity index (χ0n) is 13.9. The summed E-state index contributed by atoms with van der Waals surface area (Å²) in [6.45, 7) is 14.8. The van der Waals surface area contributed by atoms with Gasteiger partial charge < -0.3 is 17.1 Å². The molecule has 0 aromatic heterocycles. The summed E-state index contributed by atoms with van der Waals surface area (Å²) in [4.78, 5) is 0.905. The topological polar surface area (TPSA) is 0 Å². The van der Waals surface area contributed by atoms with E-state index in [9.17, 15) is 0 Å². The van der Waals surface area contributed by atoms with Crippen molar-refractivity contribution in [1.29, 1.82) is 0 Å². The molecule has 20 heavy (non-hydrogen) atoms. The number of nitrogens with zero attached hydrogens (tertiary/aromatic N) is 1. The highest BCUT2D eigenvalue weighted by Gasteiger charge is 2.22. The summed E-state index contributed by atoms with van der Waals surface area (Å²) >= 11 is 4.81. The smallest absolute Gasteiger partial charge is 0.0783 e.